The molecule has 0 aliphatic rings. The SMILES string of the molecule is C=CC(CCCCCCCCCCCCCCCC)C(=O)OO. The molecule has 0 aliphatic heterocycles. The summed E-state index contributed by atoms with van der Waals surface area (Å²) in [5.41, 5.74) is 0. The first kappa shape index (κ1) is 22.2. The van der Waals surface area contributed by atoms with E-state index in [4.69, 9.17) is 5.26 Å². The maximum Gasteiger partial charge on any atom is 0.348 e. The second-order valence-electron chi connectivity index (χ2n) is 6.64. The quantitative estimate of drug-likeness (QED) is 0.140. The van der Waals surface area contributed by atoms with Gasteiger partial charge in [-0.15, -0.1) is 6.58 Å². The van der Waals surface area contributed by atoms with E-state index in [0.29, 0.717) is 0 Å². The normalized spacial score (nSPS) is 12.1. The Morgan fingerprint density at radius 3 is 1.61 bits per heavy atom. The zero-order valence-corrected chi connectivity index (χ0v) is 15.2. The molecule has 3 nitrogen and oxygen atoms in total. The third-order valence-corrected chi connectivity index (χ3v) is 4.55. The van der Waals surface area contributed by atoms with Gasteiger partial charge >= 0.3 is 5.97 Å². The van der Waals surface area contributed by atoms with Crippen molar-refractivity contribution in [2.45, 2.75) is 103 Å². The van der Waals surface area contributed by atoms with Crippen LogP contribution in [0.25, 0.3) is 0 Å². The van der Waals surface area contributed by atoms with Crippen LogP contribution in [0.15, 0.2) is 12.7 Å². The van der Waals surface area contributed by atoms with Gasteiger partial charge in [0.1, 0.15) is 0 Å². The van der Waals surface area contributed by atoms with Gasteiger partial charge in [-0.05, 0) is 6.42 Å². The molecule has 0 fully saturated rings. The highest BCUT2D eigenvalue weighted by atomic mass is 17.1. The van der Waals surface area contributed by atoms with E-state index in [1.54, 1.807) is 6.08 Å². The van der Waals surface area contributed by atoms with Crippen LogP contribution >= 0.6 is 0 Å². The topological polar surface area (TPSA) is 46.5 Å². The van der Waals surface area contributed by atoms with Crippen molar-refractivity contribution in [1.29, 1.82) is 0 Å². The Bertz CT molecular complexity index is 276. The molecule has 0 aromatic carbocycles. The fraction of sp³-hybridized carbons (Fsp3) is 0.850. The first-order valence-corrected chi connectivity index (χ1v) is 9.74. The number of carbonyl (C=O) groups is 1. The van der Waals surface area contributed by atoms with Gasteiger partial charge in [-0.25, -0.2) is 4.79 Å². The van der Waals surface area contributed by atoms with Gasteiger partial charge in [-0.3, -0.25) is 0 Å². The first-order valence-electron chi connectivity index (χ1n) is 9.74. The predicted molar refractivity (Wildman–Crippen MR) is 97.3 cm³/mol. The molecule has 0 rings (SSSR count). The number of hydrogen-bond donors (Lipinski definition) is 1. The third kappa shape index (κ3) is 14.5. The average Bonchev–Trinajstić information content (AvgIpc) is 2.58. The van der Waals surface area contributed by atoms with Gasteiger partial charge in [0.15, 0.2) is 0 Å². The molecule has 0 spiro atoms. The molecule has 0 amide bonds. The standard InChI is InChI=1S/C20H38O3/c1-3-5-6-7-8-9-10-11-12-13-14-15-16-17-18-19(4-2)20(21)23-22/h4,19,22H,2-3,5-18H2,1H3. The summed E-state index contributed by atoms with van der Waals surface area (Å²) in [6.45, 7) is 5.87. The van der Waals surface area contributed by atoms with Crippen molar-refractivity contribution in [1.82, 2.24) is 0 Å². The molecule has 0 aromatic rings. The lowest BCUT2D eigenvalue weighted by molar-refractivity contribution is -0.237. The largest absolute Gasteiger partial charge is 0.348 e. The van der Waals surface area contributed by atoms with Gasteiger partial charge in [0.2, 0.25) is 0 Å². The van der Waals surface area contributed by atoms with Gasteiger partial charge in [0.05, 0.1) is 5.92 Å². The minimum Gasteiger partial charge on any atom is -0.300 e. The van der Waals surface area contributed by atoms with Crippen molar-refractivity contribution in [3.63, 3.8) is 0 Å². The fourth-order valence-corrected chi connectivity index (χ4v) is 2.96. The van der Waals surface area contributed by atoms with Crippen molar-refractivity contribution >= 4 is 5.97 Å². The van der Waals surface area contributed by atoms with Gasteiger partial charge in [-0.2, -0.15) is 5.26 Å². The van der Waals surface area contributed by atoms with E-state index < -0.39 is 5.97 Å². The maximum absolute atomic E-state index is 11.2. The van der Waals surface area contributed by atoms with E-state index in [1.807, 2.05) is 0 Å². The van der Waals surface area contributed by atoms with E-state index in [-0.39, 0.29) is 5.92 Å². The number of unbranched alkanes of at least 4 members (excludes halogenated alkanes) is 13. The molecule has 0 saturated heterocycles. The van der Waals surface area contributed by atoms with Crippen LogP contribution in [0.1, 0.15) is 103 Å². The number of hydrogen-bond acceptors (Lipinski definition) is 3. The summed E-state index contributed by atoms with van der Waals surface area (Å²) in [5.74, 6) is -0.952. The van der Waals surface area contributed by atoms with Crippen LogP contribution in [0.5, 0.6) is 0 Å². The minimum absolute atomic E-state index is 0.364. The Labute approximate surface area is 143 Å². The molecule has 0 bridgehead atoms. The van der Waals surface area contributed by atoms with E-state index >= 15 is 0 Å². The molecule has 0 radical (unpaired) electrons. The van der Waals surface area contributed by atoms with Crippen LogP contribution in [0.4, 0.5) is 0 Å². The van der Waals surface area contributed by atoms with Crippen LogP contribution in [0.2, 0.25) is 0 Å². The van der Waals surface area contributed by atoms with Gasteiger partial charge in [0, 0.05) is 0 Å². The van der Waals surface area contributed by atoms with E-state index in [2.05, 4.69) is 18.4 Å². The van der Waals surface area contributed by atoms with Gasteiger partial charge < -0.3 is 4.89 Å². The lowest BCUT2D eigenvalue weighted by atomic mass is 10.00. The van der Waals surface area contributed by atoms with Crippen LogP contribution < -0.4 is 0 Å². The highest BCUT2D eigenvalue weighted by Crippen LogP contribution is 2.16. The second-order valence-corrected chi connectivity index (χ2v) is 6.64. The lowest BCUT2D eigenvalue weighted by Gasteiger charge is -2.08. The summed E-state index contributed by atoms with van der Waals surface area (Å²) in [5, 5.41) is 8.35. The van der Waals surface area contributed by atoms with Crippen LogP contribution in [-0.2, 0) is 9.68 Å². The summed E-state index contributed by atoms with van der Waals surface area (Å²) >= 11 is 0. The van der Waals surface area contributed by atoms with Crippen molar-refractivity contribution in [2.75, 3.05) is 0 Å². The monoisotopic (exact) mass is 326 g/mol. The second kappa shape index (κ2) is 17.5. The molecule has 0 saturated carbocycles. The van der Waals surface area contributed by atoms with E-state index in [0.717, 1.165) is 19.3 Å². The molecule has 23 heavy (non-hydrogen) atoms. The molecule has 1 unspecified atom stereocenters. The lowest BCUT2D eigenvalue weighted by Crippen LogP contribution is -2.13. The summed E-state index contributed by atoms with van der Waals surface area (Å²) in [7, 11) is 0. The predicted octanol–water partition coefficient (Wildman–Crippen LogP) is 6.68. The van der Waals surface area contributed by atoms with Crippen LogP contribution in [-0.4, -0.2) is 11.2 Å². The fourth-order valence-electron chi connectivity index (χ4n) is 2.96. The molecular formula is C20H38O3. The molecule has 3 heteroatoms. The van der Waals surface area contributed by atoms with Gasteiger partial charge in [0.25, 0.3) is 0 Å². The summed E-state index contributed by atoms with van der Waals surface area (Å²) in [4.78, 5) is 14.9. The average molecular weight is 327 g/mol. The Morgan fingerprint density at radius 2 is 1.26 bits per heavy atom. The highest BCUT2D eigenvalue weighted by molar-refractivity contribution is 5.73. The highest BCUT2D eigenvalue weighted by Gasteiger charge is 2.15. The van der Waals surface area contributed by atoms with E-state index in [1.165, 1.54) is 77.0 Å². The van der Waals surface area contributed by atoms with Gasteiger partial charge in [-0.1, -0.05) is 103 Å². The zero-order chi connectivity index (χ0) is 17.2. The Kier molecular flexibility index (Phi) is 16.9. The maximum atomic E-state index is 11.2. The Balaban J connectivity index is 3.21. The van der Waals surface area contributed by atoms with Crippen molar-refractivity contribution < 1.29 is 14.9 Å². The molecule has 0 aliphatic carbocycles. The Morgan fingerprint density at radius 1 is 0.870 bits per heavy atom. The molecule has 136 valence electrons. The summed E-state index contributed by atoms with van der Waals surface area (Å²) in [6.07, 6.45) is 20.8. The van der Waals surface area contributed by atoms with Crippen LogP contribution in [0, 0.1) is 5.92 Å². The zero-order valence-electron chi connectivity index (χ0n) is 15.2. The van der Waals surface area contributed by atoms with Crippen molar-refractivity contribution in [3.8, 4) is 0 Å². The molecule has 1 atom stereocenters. The third-order valence-electron chi connectivity index (χ3n) is 4.55. The van der Waals surface area contributed by atoms with Crippen LogP contribution in [0.3, 0.4) is 0 Å². The summed E-state index contributed by atoms with van der Waals surface area (Å²) in [6, 6.07) is 0. The smallest absolute Gasteiger partial charge is 0.300 e. The van der Waals surface area contributed by atoms with Crippen molar-refractivity contribution in [3.05, 3.63) is 12.7 Å². The summed E-state index contributed by atoms with van der Waals surface area (Å²) < 4.78 is 0. The Hall–Kier alpha value is -0.830. The van der Waals surface area contributed by atoms with Crippen molar-refractivity contribution in [2.24, 2.45) is 5.92 Å². The molecule has 0 aromatic heterocycles. The number of carbonyl (C=O) groups excluding carboxylic acids is 1. The minimum atomic E-state index is -0.588. The molecule has 0 heterocycles. The number of rotatable bonds is 17. The van der Waals surface area contributed by atoms with E-state index in [9.17, 15) is 4.79 Å². The molecular weight excluding hydrogens is 288 g/mol. The molecule has 1 N–H and O–H groups in total. The first-order chi connectivity index (χ1) is 11.3.